The van der Waals surface area contributed by atoms with Gasteiger partial charge in [0.15, 0.2) is 5.69 Å². The number of aryl methyl sites for hydroxylation is 1. The van der Waals surface area contributed by atoms with E-state index in [2.05, 4.69) is 20.9 Å². The standard InChI is InChI=1S/C11H14BrNO4/c1-6-4-7(5-13-9(6)11(16)17)10(15)8(14)2-3-12/h4-5,8,10,14-15H,2-3H2,1H3,(H,16,17). The Morgan fingerprint density at radius 3 is 2.65 bits per heavy atom. The molecule has 1 heterocycles. The maximum Gasteiger partial charge on any atom is 0.354 e. The van der Waals surface area contributed by atoms with Crippen LogP contribution in [0.5, 0.6) is 0 Å². The second kappa shape index (κ2) is 6.09. The molecular formula is C11H14BrNO4. The van der Waals surface area contributed by atoms with Gasteiger partial charge in [0.05, 0.1) is 6.10 Å². The van der Waals surface area contributed by atoms with E-state index in [1.54, 1.807) is 6.92 Å². The third-order valence-corrected chi connectivity index (χ3v) is 2.87. The van der Waals surface area contributed by atoms with Crippen molar-refractivity contribution in [1.29, 1.82) is 0 Å². The van der Waals surface area contributed by atoms with Crippen molar-refractivity contribution in [1.82, 2.24) is 4.98 Å². The Labute approximate surface area is 107 Å². The third kappa shape index (κ3) is 3.49. The van der Waals surface area contributed by atoms with Crippen molar-refractivity contribution in [3.8, 4) is 0 Å². The van der Waals surface area contributed by atoms with Gasteiger partial charge in [-0.25, -0.2) is 9.78 Å². The Morgan fingerprint density at radius 2 is 2.18 bits per heavy atom. The minimum atomic E-state index is -1.11. The second-order valence-corrected chi connectivity index (χ2v) is 4.52. The molecule has 1 rings (SSSR count). The van der Waals surface area contributed by atoms with E-state index in [0.29, 0.717) is 22.9 Å². The largest absolute Gasteiger partial charge is 0.477 e. The summed E-state index contributed by atoms with van der Waals surface area (Å²) in [7, 11) is 0. The van der Waals surface area contributed by atoms with E-state index >= 15 is 0 Å². The van der Waals surface area contributed by atoms with Gasteiger partial charge in [-0.3, -0.25) is 0 Å². The van der Waals surface area contributed by atoms with Crippen molar-refractivity contribution >= 4 is 21.9 Å². The number of aliphatic hydroxyl groups excluding tert-OH is 2. The molecule has 17 heavy (non-hydrogen) atoms. The van der Waals surface area contributed by atoms with Crippen LogP contribution >= 0.6 is 15.9 Å². The monoisotopic (exact) mass is 303 g/mol. The number of pyridine rings is 1. The molecule has 3 N–H and O–H groups in total. The number of hydrogen-bond acceptors (Lipinski definition) is 4. The Bertz CT molecular complexity index is 410. The first-order valence-electron chi connectivity index (χ1n) is 5.09. The van der Waals surface area contributed by atoms with Crippen LogP contribution in [0.3, 0.4) is 0 Å². The van der Waals surface area contributed by atoms with Gasteiger partial charge in [0.1, 0.15) is 6.10 Å². The van der Waals surface area contributed by atoms with E-state index in [0.717, 1.165) is 0 Å². The molecule has 0 amide bonds. The molecule has 5 nitrogen and oxygen atoms in total. The molecule has 0 fully saturated rings. The molecule has 0 bridgehead atoms. The number of alkyl halides is 1. The predicted octanol–water partition coefficient (Wildman–Crippen LogP) is 1.27. The average molecular weight is 304 g/mol. The number of aromatic nitrogens is 1. The fraction of sp³-hybridized carbons (Fsp3) is 0.455. The summed E-state index contributed by atoms with van der Waals surface area (Å²) in [4.78, 5) is 14.5. The molecule has 0 aliphatic carbocycles. The van der Waals surface area contributed by atoms with E-state index in [1.807, 2.05) is 0 Å². The normalized spacial score (nSPS) is 14.4. The summed E-state index contributed by atoms with van der Waals surface area (Å²) in [5, 5.41) is 28.8. The highest BCUT2D eigenvalue weighted by Crippen LogP contribution is 2.20. The lowest BCUT2D eigenvalue weighted by Crippen LogP contribution is -2.19. The highest BCUT2D eigenvalue weighted by atomic mass is 79.9. The summed E-state index contributed by atoms with van der Waals surface area (Å²) in [6, 6.07) is 1.53. The molecule has 0 saturated heterocycles. The van der Waals surface area contributed by atoms with Gasteiger partial charge in [-0.05, 0) is 25.0 Å². The summed E-state index contributed by atoms with van der Waals surface area (Å²) in [5.74, 6) is -1.11. The predicted molar refractivity (Wildman–Crippen MR) is 65.3 cm³/mol. The van der Waals surface area contributed by atoms with Gasteiger partial charge in [-0.1, -0.05) is 15.9 Å². The van der Waals surface area contributed by atoms with Crippen molar-refractivity contribution in [2.24, 2.45) is 0 Å². The van der Waals surface area contributed by atoms with Crippen LogP contribution in [-0.2, 0) is 0 Å². The van der Waals surface area contributed by atoms with Crippen molar-refractivity contribution < 1.29 is 20.1 Å². The molecule has 2 atom stereocenters. The third-order valence-electron chi connectivity index (χ3n) is 2.41. The van der Waals surface area contributed by atoms with E-state index < -0.39 is 18.2 Å². The van der Waals surface area contributed by atoms with Crippen molar-refractivity contribution in [2.75, 3.05) is 5.33 Å². The van der Waals surface area contributed by atoms with Crippen LogP contribution in [0.1, 0.15) is 34.1 Å². The Morgan fingerprint density at radius 1 is 1.53 bits per heavy atom. The Balaban J connectivity index is 2.93. The first kappa shape index (κ1) is 14.1. The van der Waals surface area contributed by atoms with Gasteiger partial charge in [-0.15, -0.1) is 0 Å². The number of halogens is 1. The zero-order chi connectivity index (χ0) is 13.0. The number of carbonyl (C=O) groups is 1. The van der Waals surface area contributed by atoms with Crippen molar-refractivity contribution in [3.05, 3.63) is 29.1 Å². The number of hydrogen-bond donors (Lipinski definition) is 3. The molecule has 2 unspecified atom stereocenters. The van der Waals surface area contributed by atoms with E-state index in [-0.39, 0.29) is 5.69 Å². The number of rotatable bonds is 5. The quantitative estimate of drug-likeness (QED) is 0.713. The minimum absolute atomic E-state index is 0.0454. The molecular weight excluding hydrogens is 290 g/mol. The number of aliphatic hydroxyl groups is 2. The maximum absolute atomic E-state index is 10.8. The van der Waals surface area contributed by atoms with Crippen molar-refractivity contribution in [3.63, 3.8) is 0 Å². The Kier molecular flexibility index (Phi) is 5.04. The summed E-state index contributed by atoms with van der Waals surface area (Å²) >= 11 is 3.17. The molecule has 0 aliphatic rings. The fourth-order valence-corrected chi connectivity index (χ4v) is 1.94. The summed E-state index contributed by atoms with van der Waals surface area (Å²) in [6.07, 6.45) is -0.271. The Hall–Kier alpha value is -0.980. The zero-order valence-electron chi connectivity index (χ0n) is 9.30. The maximum atomic E-state index is 10.8. The molecule has 1 aromatic heterocycles. The lowest BCUT2D eigenvalue weighted by Gasteiger charge is -2.17. The van der Waals surface area contributed by atoms with Gasteiger partial charge in [-0.2, -0.15) is 0 Å². The van der Waals surface area contributed by atoms with Crippen LogP contribution in [0.4, 0.5) is 0 Å². The molecule has 0 radical (unpaired) electrons. The van der Waals surface area contributed by atoms with Gasteiger partial charge in [0.25, 0.3) is 0 Å². The highest BCUT2D eigenvalue weighted by molar-refractivity contribution is 9.09. The van der Waals surface area contributed by atoms with Gasteiger partial charge in [0.2, 0.25) is 0 Å². The fourth-order valence-electron chi connectivity index (χ4n) is 1.47. The van der Waals surface area contributed by atoms with Gasteiger partial charge in [0, 0.05) is 17.1 Å². The first-order chi connectivity index (χ1) is 7.97. The number of nitrogens with zero attached hydrogens (tertiary/aromatic N) is 1. The average Bonchev–Trinajstić information content (AvgIpc) is 2.27. The van der Waals surface area contributed by atoms with Crippen LogP contribution in [0.15, 0.2) is 12.3 Å². The molecule has 0 aromatic carbocycles. The zero-order valence-corrected chi connectivity index (χ0v) is 10.9. The van der Waals surface area contributed by atoms with Gasteiger partial charge < -0.3 is 15.3 Å². The molecule has 0 spiro atoms. The van der Waals surface area contributed by atoms with Crippen LogP contribution in [0.2, 0.25) is 0 Å². The van der Waals surface area contributed by atoms with Crippen LogP contribution in [0, 0.1) is 6.92 Å². The second-order valence-electron chi connectivity index (χ2n) is 3.73. The highest BCUT2D eigenvalue weighted by Gasteiger charge is 2.19. The lowest BCUT2D eigenvalue weighted by atomic mass is 10.0. The molecule has 6 heteroatoms. The van der Waals surface area contributed by atoms with Crippen LogP contribution in [0.25, 0.3) is 0 Å². The molecule has 0 aliphatic heterocycles. The summed E-state index contributed by atoms with van der Waals surface area (Å²) in [5.41, 5.74) is 0.831. The minimum Gasteiger partial charge on any atom is -0.477 e. The van der Waals surface area contributed by atoms with E-state index in [1.165, 1.54) is 12.3 Å². The topological polar surface area (TPSA) is 90.7 Å². The van der Waals surface area contributed by atoms with Crippen molar-refractivity contribution in [2.45, 2.75) is 25.6 Å². The number of carboxylic acids is 1. The smallest absolute Gasteiger partial charge is 0.354 e. The molecule has 1 aromatic rings. The van der Waals surface area contributed by atoms with Crippen LogP contribution < -0.4 is 0 Å². The lowest BCUT2D eigenvalue weighted by molar-refractivity contribution is 0.0171. The molecule has 94 valence electrons. The van der Waals surface area contributed by atoms with Gasteiger partial charge >= 0.3 is 5.97 Å². The first-order valence-corrected chi connectivity index (χ1v) is 6.21. The summed E-state index contributed by atoms with van der Waals surface area (Å²) < 4.78 is 0. The number of carboxylic acid groups (broad SMARTS) is 1. The SMILES string of the molecule is Cc1cc(C(O)C(O)CCBr)cnc1C(=O)O. The van der Waals surface area contributed by atoms with E-state index in [4.69, 9.17) is 5.11 Å². The van der Waals surface area contributed by atoms with Crippen LogP contribution in [-0.4, -0.2) is 37.7 Å². The van der Waals surface area contributed by atoms with E-state index in [9.17, 15) is 15.0 Å². The summed E-state index contributed by atoms with van der Waals surface area (Å²) in [6.45, 7) is 1.60. The molecule has 0 saturated carbocycles. The number of aromatic carboxylic acids is 1.